The van der Waals surface area contributed by atoms with Crippen molar-refractivity contribution in [2.45, 2.75) is 47.6 Å². The fourth-order valence-electron chi connectivity index (χ4n) is 4.13. The summed E-state index contributed by atoms with van der Waals surface area (Å²) in [6.45, 7) is 11.1. The Hall–Kier alpha value is -3.99. The highest BCUT2D eigenvalue weighted by Crippen LogP contribution is 2.43. The highest BCUT2D eigenvalue weighted by atomic mass is 16.3. The van der Waals surface area contributed by atoms with Crippen LogP contribution in [0.3, 0.4) is 0 Å². The minimum Gasteiger partial charge on any atom is -0.508 e. The lowest BCUT2D eigenvalue weighted by Gasteiger charge is -2.32. The monoisotopic (exact) mass is 481 g/mol. The summed E-state index contributed by atoms with van der Waals surface area (Å²) >= 11 is 0. The molecule has 0 saturated heterocycles. The van der Waals surface area contributed by atoms with Gasteiger partial charge in [-0.25, -0.2) is 9.97 Å². The first-order valence-corrected chi connectivity index (χ1v) is 12.1. The summed E-state index contributed by atoms with van der Waals surface area (Å²) < 4.78 is 0. The van der Waals surface area contributed by atoms with Crippen LogP contribution in [0.1, 0.15) is 52.2 Å². The van der Waals surface area contributed by atoms with E-state index in [2.05, 4.69) is 61.2 Å². The second kappa shape index (κ2) is 12.1. The number of nitrogens with zero attached hydrogens (tertiary/aromatic N) is 2. The lowest BCUT2D eigenvalue weighted by molar-refractivity contribution is -0.116. The topological polar surface area (TPSA) is 75.1 Å². The summed E-state index contributed by atoms with van der Waals surface area (Å²) in [5.41, 5.74) is 7.74. The summed E-state index contributed by atoms with van der Waals surface area (Å²) in [5, 5.41) is 12.2. The molecule has 1 aromatic carbocycles. The number of carbonyl (C=O) groups excluding carboxylic acids is 1. The first kappa shape index (κ1) is 26.6. The highest BCUT2D eigenvalue weighted by molar-refractivity contribution is 5.88. The van der Waals surface area contributed by atoms with E-state index in [1.807, 2.05) is 37.5 Å². The number of aromatic hydroxyl groups is 1. The number of aromatic nitrogens is 2. The van der Waals surface area contributed by atoms with Crippen molar-refractivity contribution in [3.8, 4) is 5.75 Å². The Morgan fingerprint density at radius 3 is 2.47 bits per heavy atom. The molecule has 0 bridgehead atoms. The van der Waals surface area contributed by atoms with Gasteiger partial charge in [0.15, 0.2) is 0 Å². The first-order valence-electron chi connectivity index (χ1n) is 12.1. The molecule has 0 fully saturated rings. The summed E-state index contributed by atoms with van der Waals surface area (Å²) in [6.07, 6.45) is 20.4. The number of phenols is 1. The molecule has 1 aliphatic carbocycles. The smallest absolute Gasteiger partial charge is 0.244 e. The van der Waals surface area contributed by atoms with Crippen LogP contribution >= 0.6 is 0 Å². The van der Waals surface area contributed by atoms with Crippen LogP contribution in [0.25, 0.3) is 5.57 Å². The van der Waals surface area contributed by atoms with Gasteiger partial charge in [-0.05, 0) is 72.6 Å². The van der Waals surface area contributed by atoms with E-state index in [0.717, 1.165) is 28.7 Å². The van der Waals surface area contributed by atoms with E-state index >= 15 is 0 Å². The Morgan fingerprint density at radius 1 is 1.08 bits per heavy atom. The van der Waals surface area contributed by atoms with Crippen LogP contribution in [0.5, 0.6) is 5.75 Å². The maximum atomic E-state index is 12.2. The number of phenolic OH excluding ortho intramolecular Hbond substituents is 1. The molecule has 0 saturated carbocycles. The van der Waals surface area contributed by atoms with Gasteiger partial charge in [0.1, 0.15) is 12.1 Å². The number of hydrogen-bond donors (Lipinski definition) is 2. The number of allylic oxidation sites excluding steroid dienone is 11. The van der Waals surface area contributed by atoms with Crippen molar-refractivity contribution in [1.29, 1.82) is 0 Å². The normalized spacial score (nSPS) is 16.5. The van der Waals surface area contributed by atoms with Gasteiger partial charge in [0.05, 0.1) is 0 Å². The van der Waals surface area contributed by atoms with Gasteiger partial charge in [0.2, 0.25) is 5.91 Å². The minimum absolute atomic E-state index is 0.0443. The van der Waals surface area contributed by atoms with Crippen molar-refractivity contribution in [3.63, 3.8) is 0 Å². The number of benzene rings is 1. The molecule has 2 aromatic rings. The van der Waals surface area contributed by atoms with Crippen molar-refractivity contribution in [3.05, 3.63) is 119 Å². The summed E-state index contributed by atoms with van der Waals surface area (Å²) in [5.74, 6) is 0.0581. The molecule has 0 unspecified atom stereocenters. The predicted molar refractivity (Wildman–Crippen MR) is 147 cm³/mol. The van der Waals surface area contributed by atoms with Gasteiger partial charge >= 0.3 is 0 Å². The van der Waals surface area contributed by atoms with Crippen molar-refractivity contribution in [1.82, 2.24) is 15.3 Å². The first-order chi connectivity index (χ1) is 17.2. The van der Waals surface area contributed by atoms with Gasteiger partial charge in [0, 0.05) is 30.6 Å². The van der Waals surface area contributed by atoms with Gasteiger partial charge in [-0.1, -0.05) is 68.0 Å². The predicted octanol–water partition coefficient (Wildman–Crippen LogP) is 6.63. The van der Waals surface area contributed by atoms with Crippen molar-refractivity contribution in [2.24, 2.45) is 5.41 Å². The Kier molecular flexibility index (Phi) is 8.96. The molecule has 36 heavy (non-hydrogen) atoms. The molecule has 5 nitrogen and oxygen atoms in total. The summed E-state index contributed by atoms with van der Waals surface area (Å²) in [6, 6.07) is 6.78. The third-order valence-electron chi connectivity index (χ3n) is 6.22. The number of carbonyl (C=O) groups is 1. The van der Waals surface area contributed by atoms with Gasteiger partial charge in [-0.15, -0.1) is 0 Å². The van der Waals surface area contributed by atoms with E-state index in [1.165, 1.54) is 16.7 Å². The van der Waals surface area contributed by atoms with Crippen LogP contribution in [0, 0.1) is 5.41 Å². The molecule has 0 aliphatic heterocycles. The fraction of sp³-hybridized carbons (Fsp3) is 0.258. The number of hydrogen-bond acceptors (Lipinski definition) is 4. The molecule has 0 radical (unpaired) electrons. The molecule has 5 heteroatoms. The summed E-state index contributed by atoms with van der Waals surface area (Å²) in [7, 11) is 0. The number of nitrogens with one attached hydrogen (secondary N) is 1. The molecule has 1 amide bonds. The average Bonchev–Trinajstić information content (AvgIpc) is 2.84. The third-order valence-corrected chi connectivity index (χ3v) is 6.22. The Bertz CT molecular complexity index is 1260. The van der Waals surface area contributed by atoms with Crippen LogP contribution in [-0.2, 0) is 11.3 Å². The standard InChI is InChI=1S/C31H35N3O2/c1-22(7-6-8-23(2)17-30(36)34-18-25-10-12-27(35)13-11-25)9-14-29-24(3)28(15-16-31(29,4)5)26-19-32-21-33-20-26/h6-15,17,19-21,35H,16,18H2,1-5H3,(H,34,36)/b8-6+,14-9+,22-7+,23-17-. The molecule has 0 spiro atoms. The Morgan fingerprint density at radius 2 is 1.78 bits per heavy atom. The van der Waals surface area contributed by atoms with Crippen molar-refractivity contribution < 1.29 is 9.90 Å². The molecular weight excluding hydrogens is 446 g/mol. The van der Waals surface area contributed by atoms with Gasteiger partial charge in [0.25, 0.3) is 0 Å². The molecule has 1 aliphatic rings. The highest BCUT2D eigenvalue weighted by Gasteiger charge is 2.27. The SMILES string of the molecule is CC1=C(/C=C/C(C)=C/C=C/C(C)=C\C(=O)NCc2ccc(O)cc2)C(C)(C)CC=C1c1cncnc1. The Labute approximate surface area is 214 Å². The zero-order valence-electron chi connectivity index (χ0n) is 21.7. The van der Waals surface area contributed by atoms with E-state index in [-0.39, 0.29) is 17.1 Å². The lowest BCUT2D eigenvalue weighted by atomic mass is 9.72. The van der Waals surface area contributed by atoms with E-state index < -0.39 is 0 Å². The van der Waals surface area contributed by atoms with Crippen LogP contribution in [0.2, 0.25) is 0 Å². The van der Waals surface area contributed by atoms with Crippen LogP contribution in [0.4, 0.5) is 0 Å². The quantitative estimate of drug-likeness (QED) is 0.328. The molecular formula is C31H35N3O2. The van der Waals surface area contributed by atoms with Gasteiger partial charge in [-0.2, -0.15) is 0 Å². The summed E-state index contributed by atoms with van der Waals surface area (Å²) in [4.78, 5) is 20.5. The van der Waals surface area contributed by atoms with Crippen LogP contribution in [0.15, 0.2) is 108 Å². The molecule has 0 atom stereocenters. The number of amides is 1. The Balaban J connectivity index is 1.63. The maximum absolute atomic E-state index is 12.2. The second-order valence-electron chi connectivity index (χ2n) is 9.75. The largest absolute Gasteiger partial charge is 0.508 e. The van der Waals surface area contributed by atoms with E-state index in [9.17, 15) is 9.90 Å². The zero-order chi connectivity index (χ0) is 26.1. The molecule has 1 heterocycles. The van der Waals surface area contributed by atoms with Crippen LogP contribution in [-0.4, -0.2) is 21.0 Å². The van der Waals surface area contributed by atoms with Crippen LogP contribution < -0.4 is 5.32 Å². The van der Waals surface area contributed by atoms with E-state index in [0.29, 0.717) is 6.54 Å². The third kappa shape index (κ3) is 7.51. The molecule has 2 N–H and O–H groups in total. The van der Waals surface area contributed by atoms with Gasteiger partial charge < -0.3 is 10.4 Å². The second-order valence-corrected chi connectivity index (χ2v) is 9.75. The van der Waals surface area contributed by atoms with E-state index in [4.69, 9.17) is 0 Å². The lowest BCUT2D eigenvalue weighted by Crippen LogP contribution is -2.20. The average molecular weight is 482 g/mol. The zero-order valence-corrected chi connectivity index (χ0v) is 21.7. The fourth-order valence-corrected chi connectivity index (χ4v) is 4.13. The van der Waals surface area contributed by atoms with Crippen molar-refractivity contribution >= 4 is 11.5 Å². The number of rotatable bonds is 8. The molecule has 1 aromatic heterocycles. The molecule has 3 rings (SSSR count). The molecule has 186 valence electrons. The van der Waals surface area contributed by atoms with E-state index in [1.54, 1.807) is 36.7 Å². The minimum atomic E-state index is -0.152. The maximum Gasteiger partial charge on any atom is 0.244 e. The van der Waals surface area contributed by atoms with Crippen molar-refractivity contribution in [2.75, 3.05) is 0 Å². The van der Waals surface area contributed by atoms with Gasteiger partial charge in [-0.3, -0.25) is 4.79 Å².